The summed E-state index contributed by atoms with van der Waals surface area (Å²) in [4.78, 5) is 19.4. The van der Waals surface area contributed by atoms with Gasteiger partial charge in [0, 0.05) is 13.1 Å². The molecule has 5 rings (SSSR count). The van der Waals surface area contributed by atoms with Gasteiger partial charge in [-0.2, -0.15) is 0 Å². The molecule has 0 bridgehead atoms. The quantitative estimate of drug-likeness (QED) is 0.714. The normalized spacial score (nSPS) is 16.6. The summed E-state index contributed by atoms with van der Waals surface area (Å²) in [5, 5.41) is 0. The molecule has 0 unspecified atom stereocenters. The average molecular weight is 349 g/mol. The van der Waals surface area contributed by atoms with Gasteiger partial charge < -0.3 is 18.9 Å². The molecule has 26 heavy (non-hydrogen) atoms. The number of carbonyl (C=O) groups is 1. The molecule has 6 nitrogen and oxygen atoms in total. The van der Waals surface area contributed by atoms with E-state index in [0.29, 0.717) is 43.4 Å². The number of rotatable bonds is 2. The van der Waals surface area contributed by atoms with Gasteiger partial charge in [-0.1, -0.05) is 18.2 Å². The van der Waals surface area contributed by atoms with Gasteiger partial charge in [-0.3, -0.25) is 4.79 Å². The van der Waals surface area contributed by atoms with E-state index >= 15 is 0 Å². The van der Waals surface area contributed by atoms with Crippen LogP contribution in [0, 0.1) is 6.92 Å². The summed E-state index contributed by atoms with van der Waals surface area (Å²) in [5.74, 6) is 2.19. The monoisotopic (exact) mass is 349 g/mol. The largest absolute Gasteiger partial charge is 0.486 e. The number of ether oxygens (including phenoxy) is 2. The SMILES string of the molecule is Cc1nc2ccccc2n1C1CN(C(=O)c2cccc3c2OCCO3)C1. The van der Waals surface area contributed by atoms with Crippen molar-refractivity contribution in [3.8, 4) is 11.5 Å². The van der Waals surface area contributed by atoms with Crippen LogP contribution in [0.25, 0.3) is 11.0 Å². The van der Waals surface area contributed by atoms with Crippen molar-refractivity contribution in [2.75, 3.05) is 26.3 Å². The van der Waals surface area contributed by atoms with Gasteiger partial charge in [-0.05, 0) is 31.2 Å². The van der Waals surface area contributed by atoms with Crippen molar-refractivity contribution in [2.24, 2.45) is 0 Å². The third kappa shape index (κ3) is 2.25. The molecule has 2 aliphatic heterocycles. The Bertz CT molecular complexity index is 1000. The minimum Gasteiger partial charge on any atom is -0.486 e. The summed E-state index contributed by atoms with van der Waals surface area (Å²) in [7, 11) is 0. The number of fused-ring (bicyclic) bond motifs is 2. The smallest absolute Gasteiger partial charge is 0.257 e. The lowest BCUT2D eigenvalue weighted by molar-refractivity contribution is 0.0514. The summed E-state index contributed by atoms with van der Waals surface area (Å²) in [5.41, 5.74) is 2.70. The van der Waals surface area contributed by atoms with E-state index in [1.165, 1.54) is 0 Å². The van der Waals surface area contributed by atoms with Crippen molar-refractivity contribution in [1.29, 1.82) is 0 Å². The number of carbonyl (C=O) groups excluding carboxylic acids is 1. The molecule has 3 aromatic rings. The van der Waals surface area contributed by atoms with Crippen molar-refractivity contribution in [1.82, 2.24) is 14.5 Å². The van der Waals surface area contributed by atoms with Crippen LogP contribution in [0.5, 0.6) is 11.5 Å². The topological polar surface area (TPSA) is 56.6 Å². The van der Waals surface area contributed by atoms with Gasteiger partial charge in [-0.15, -0.1) is 0 Å². The summed E-state index contributed by atoms with van der Waals surface area (Å²) in [6, 6.07) is 13.9. The van der Waals surface area contributed by atoms with Crippen molar-refractivity contribution < 1.29 is 14.3 Å². The number of hydrogen-bond acceptors (Lipinski definition) is 4. The van der Waals surface area contributed by atoms with Crippen LogP contribution < -0.4 is 9.47 Å². The molecular formula is C20H19N3O3. The highest BCUT2D eigenvalue weighted by molar-refractivity contribution is 5.98. The van der Waals surface area contributed by atoms with Crippen LogP contribution in [-0.2, 0) is 0 Å². The molecule has 1 amide bonds. The summed E-state index contributed by atoms with van der Waals surface area (Å²) in [6.45, 7) is 4.35. The van der Waals surface area contributed by atoms with Crippen LogP contribution in [-0.4, -0.2) is 46.7 Å². The molecule has 0 atom stereocenters. The van der Waals surface area contributed by atoms with E-state index in [4.69, 9.17) is 9.47 Å². The van der Waals surface area contributed by atoms with Crippen LogP contribution in [0.15, 0.2) is 42.5 Å². The Hall–Kier alpha value is -3.02. The molecule has 0 saturated carbocycles. The number of aryl methyl sites for hydroxylation is 1. The van der Waals surface area contributed by atoms with Crippen molar-refractivity contribution in [2.45, 2.75) is 13.0 Å². The maximum Gasteiger partial charge on any atom is 0.257 e. The number of nitrogens with zero attached hydrogens (tertiary/aromatic N) is 3. The first kappa shape index (κ1) is 15.3. The lowest BCUT2D eigenvalue weighted by Gasteiger charge is -2.41. The van der Waals surface area contributed by atoms with Crippen molar-refractivity contribution in [3.05, 3.63) is 53.9 Å². The van der Waals surface area contributed by atoms with Gasteiger partial charge in [0.25, 0.3) is 5.91 Å². The molecule has 2 aromatic carbocycles. The fraction of sp³-hybridized carbons (Fsp3) is 0.300. The van der Waals surface area contributed by atoms with Crippen LogP contribution >= 0.6 is 0 Å². The predicted molar refractivity (Wildman–Crippen MR) is 96.8 cm³/mol. The van der Waals surface area contributed by atoms with E-state index in [-0.39, 0.29) is 11.9 Å². The highest BCUT2D eigenvalue weighted by atomic mass is 16.6. The Kier molecular flexibility index (Phi) is 3.38. The summed E-state index contributed by atoms with van der Waals surface area (Å²) >= 11 is 0. The van der Waals surface area contributed by atoms with E-state index in [9.17, 15) is 4.79 Å². The maximum absolute atomic E-state index is 12.9. The van der Waals surface area contributed by atoms with Crippen molar-refractivity contribution >= 4 is 16.9 Å². The Morgan fingerprint density at radius 2 is 1.88 bits per heavy atom. The summed E-state index contributed by atoms with van der Waals surface area (Å²) < 4.78 is 13.5. The fourth-order valence-corrected chi connectivity index (χ4v) is 3.82. The Labute approximate surface area is 151 Å². The van der Waals surface area contributed by atoms with E-state index < -0.39 is 0 Å². The van der Waals surface area contributed by atoms with Gasteiger partial charge in [0.2, 0.25) is 0 Å². The predicted octanol–water partition coefficient (Wildman–Crippen LogP) is 2.81. The zero-order chi connectivity index (χ0) is 17.7. The molecule has 1 saturated heterocycles. The summed E-state index contributed by atoms with van der Waals surface area (Å²) in [6.07, 6.45) is 0. The molecule has 0 aliphatic carbocycles. The van der Waals surface area contributed by atoms with Crippen LogP contribution in [0.4, 0.5) is 0 Å². The third-order valence-corrected chi connectivity index (χ3v) is 5.08. The first-order chi connectivity index (χ1) is 12.7. The first-order valence-electron chi connectivity index (χ1n) is 8.84. The molecule has 6 heteroatoms. The second-order valence-electron chi connectivity index (χ2n) is 6.71. The molecule has 0 spiro atoms. The highest BCUT2D eigenvalue weighted by Gasteiger charge is 2.35. The molecule has 132 valence electrons. The number of imidazole rings is 1. The number of aromatic nitrogens is 2. The van der Waals surface area contributed by atoms with E-state index in [1.807, 2.05) is 42.2 Å². The second-order valence-corrected chi connectivity index (χ2v) is 6.71. The third-order valence-electron chi connectivity index (χ3n) is 5.08. The average Bonchev–Trinajstić information content (AvgIpc) is 2.96. The minimum absolute atomic E-state index is 0.00864. The molecule has 3 heterocycles. The number of amides is 1. The molecule has 0 N–H and O–H groups in total. The number of hydrogen-bond donors (Lipinski definition) is 0. The second kappa shape index (κ2) is 5.76. The first-order valence-corrected chi connectivity index (χ1v) is 8.84. The highest BCUT2D eigenvalue weighted by Crippen LogP contribution is 2.36. The fourth-order valence-electron chi connectivity index (χ4n) is 3.82. The molecule has 1 fully saturated rings. The Balaban J connectivity index is 1.39. The van der Waals surface area contributed by atoms with E-state index in [1.54, 1.807) is 6.07 Å². The van der Waals surface area contributed by atoms with E-state index in [2.05, 4.69) is 15.6 Å². The number of likely N-dealkylation sites (tertiary alicyclic amines) is 1. The maximum atomic E-state index is 12.9. The van der Waals surface area contributed by atoms with Crippen LogP contribution in [0.1, 0.15) is 22.2 Å². The standard InChI is InChI=1S/C20H19N3O3/c1-13-21-16-6-2-3-7-17(16)23(13)14-11-22(12-14)20(24)15-5-4-8-18-19(15)26-10-9-25-18/h2-8,14H,9-12H2,1H3. The van der Waals surface area contributed by atoms with Gasteiger partial charge >= 0.3 is 0 Å². The molecule has 2 aliphatic rings. The molecular weight excluding hydrogens is 330 g/mol. The molecule has 1 aromatic heterocycles. The van der Waals surface area contributed by atoms with Crippen molar-refractivity contribution in [3.63, 3.8) is 0 Å². The van der Waals surface area contributed by atoms with Crippen LogP contribution in [0.3, 0.4) is 0 Å². The van der Waals surface area contributed by atoms with Gasteiger partial charge in [0.15, 0.2) is 11.5 Å². The van der Waals surface area contributed by atoms with Gasteiger partial charge in [0.05, 0.1) is 22.6 Å². The van der Waals surface area contributed by atoms with Gasteiger partial charge in [0.1, 0.15) is 19.0 Å². The van der Waals surface area contributed by atoms with Gasteiger partial charge in [-0.25, -0.2) is 4.98 Å². The number of benzene rings is 2. The molecule has 0 radical (unpaired) electrons. The Morgan fingerprint density at radius 3 is 2.77 bits per heavy atom. The minimum atomic E-state index is -0.00864. The van der Waals surface area contributed by atoms with Crippen LogP contribution in [0.2, 0.25) is 0 Å². The Morgan fingerprint density at radius 1 is 1.08 bits per heavy atom. The van der Waals surface area contributed by atoms with E-state index in [0.717, 1.165) is 16.9 Å². The zero-order valence-corrected chi connectivity index (χ0v) is 14.5. The zero-order valence-electron chi connectivity index (χ0n) is 14.5. The lowest BCUT2D eigenvalue weighted by atomic mass is 10.0. The lowest BCUT2D eigenvalue weighted by Crippen LogP contribution is -2.51. The number of para-hydroxylation sites is 3.